The van der Waals surface area contributed by atoms with Crippen LogP contribution in [-0.4, -0.2) is 30.0 Å². The minimum absolute atomic E-state index is 0.328. The standard InChI is InChI=1S/C13H15ClFN3O/c1-19-6-5-16-7-10-3-2-4-12(15)13(10)18-9-11(14)8-17-18/h2-4,8-9,16H,5-7H2,1H3. The molecule has 0 aliphatic heterocycles. The molecular formula is C13H15ClFN3O. The van der Waals surface area contributed by atoms with Crippen LogP contribution in [0.25, 0.3) is 5.69 Å². The molecule has 0 spiro atoms. The van der Waals surface area contributed by atoms with E-state index in [1.807, 2.05) is 6.07 Å². The molecular weight excluding hydrogens is 269 g/mol. The maximum Gasteiger partial charge on any atom is 0.149 e. The SMILES string of the molecule is COCCNCc1cccc(F)c1-n1cc(Cl)cn1. The van der Waals surface area contributed by atoms with E-state index in [9.17, 15) is 4.39 Å². The van der Waals surface area contributed by atoms with Crippen LogP contribution in [0.3, 0.4) is 0 Å². The fourth-order valence-electron chi connectivity index (χ4n) is 1.78. The van der Waals surface area contributed by atoms with Gasteiger partial charge in [0.25, 0.3) is 0 Å². The number of hydrogen-bond donors (Lipinski definition) is 1. The Hall–Kier alpha value is -1.43. The van der Waals surface area contributed by atoms with E-state index in [-0.39, 0.29) is 5.82 Å². The monoisotopic (exact) mass is 283 g/mol. The lowest BCUT2D eigenvalue weighted by molar-refractivity contribution is 0.199. The molecule has 1 heterocycles. The van der Waals surface area contributed by atoms with Gasteiger partial charge in [0.2, 0.25) is 0 Å². The third-order valence-electron chi connectivity index (χ3n) is 2.65. The molecule has 1 aromatic heterocycles. The van der Waals surface area contributed by atoms with Crippen molar-refractivity contribution in [3.8, 4) is 5.69 Å². The van der Waals surface area contributed by atoms with Crippen LogP contribution in [0.5, 0.6) is 0 Å². The number of nitrogens with zero attached hydrogens (tertiary/aromatic N) is 2. The van der Waals surface area contributed by atoms with Gasteiger partial charge in [-0.25, -0.2) is 9.07 Å². The summed E-state index contributed by atoms with van der Waals surface area (Å²) < 4.78 is 20.4. The normalized spacial score (nSPS) is 10.9. The number of rotatable bonds is 6. The Balaban J connectivity index is 2.21. The molecule has 4 nitrogen and oxygen atoms in total. The van der Waals surface area contributed by atoms with Gasteiger partial charge in [-0.15, -0.1) is 0 Å². The van der Waals surface area contributed by atoms with Gasteiger partial charge in [-0.05, 0) is 11.6 Å². The molecule has 6 heteroatoms. The van der Waals surface area contributed by atoms with Crippen molar-refractivity contribution in [1.29, 1.82) is 0 Å². The van der Waals surface area contributed by atoms with Gasteiger partial charge < -0.3 is 10.1 Å². The van der Waals surface area contributed by atoms with E-state index in [1.54, 1.807) is 19.4 Å². The summed E-state index contributed by atoms with van der Waals surface area (Å²) in [5.74, 6) is -0.328. The largest absolute Gasteiger partial charge is 0.383 e. The first-order valence-corrected chi connectivity index (χ1v) is 6.27. The highest BCUT2D eigenvalue weighted by atomic mass is 35.5. The summed E-state index contributed by atoms with van der Waals surface area (Å²) in [5.41, 5.74) is 1.23. The van der Waals surface area contributed by atoms with E-state index in [0.29, 0.717) is 30.4 Å². The van der Waals surface area contributed by atoms with Gasteiger partial charge in [-0.1, -0.05) is 23.7 Å². The molecule has 1 N–H and O–H groups in total. The molecule has 0 aliphatic carbocycles. The molecule has 0 unspecified atom stereocenters. The van der Waals surface area contributed by atoms with E-state index in [2.05, 4.69) is 10.4 Å². The number of hydrogen-bond acceptors (Lipinski definition) is 3. The number of ether oxygens (including phenoxy) is 1. The van der Waals surface area contributed by atoms with E-state index in [1.165, 1.54) is 16.9 Å². The molecule has 1 aromatic carbocycles. The fraction of sp³-hybridized carbons (Fsp3) is 0.308. The summed E-state index contributed by atoms with van der Waals surface area (Å²) in [6.07, 6.45) is 3.06. The predicted octanol–water partition coefficient (Wildman–Crippen LogP) is 2.40. The highest BCUT2D eigenvalue weighted by Crippen LogP contribution is 2.19. The molecule has 0 radical (unpaired) electrons. The van der Waals surface area contributed by atoms with E-state index in [0.717, 1.165) is 5.56 Å². The van der Waals surface area contributed by atoms with Gasteiger partial charge in [0.05, 0.1) is 17.8 Å². The average molecular weight is 284 g/mol. The Morgan fingerprint density at radius 2 is 2.32 bits per heavy atom. The van der Waals surface area contributed by atoms with Gasteiger partial charge in [0.1, 0.15) is 11.5 Å². The van der Waals surface area contributed by atoms with Crippen LogP contribution in [0.4, 0.5) is 4.39 Å². The van der Waals surface area contributed by atoms with Crippen LogP contribution >= 0.6 is 11.6 Å². The minimum atomic E-state index is -0.328. The smallest absolute Gasteiger partial charge is 0.149 e. The summed E-state index contributed by atoms with van der Waals surface area (Å²) in [6, 6.07) is 4.94. The van der Waals surface area contributed by atoms with Crippen LogP contribution in [0.15, 0.2) is 30.6 Å². The lowest BCUT2D eigenvalue weighted by Crippen LogP contribution is -2.20. The topological polar surface area (TPSA) is 39.1 Å². The van der Waals surface area contributed by atoms with Gasteiger partial charge in [-0.2, -0.15) is 5.10 Å². The highest BCUT2D eigenvalue weighted by molar-refractivity contribution is 6.30. The Labute approximate surface area is 116 Å². The molecule has 0 amide bonds. The van der Waals surface area contributed by atoms with Crippen molar-refractivity contribution in [3.63, 3.8) is 0 Å². The van der Waals surface area contributed by atoms with Gasteiger partial charge >= 0.3 is 0 Å². The zero-order valence-electron chi connectivity index (χ0n) is 10.6. The van der Waals surface area contributed by atoms with Crippen LogP contribution in [0, 0.1) is 5.82 Å². The second-order valence-corrected chi connectivity index (χ2v) is 4.46. The van der Waals surface area contributed by atoms with Crippen molar-refractivity contribution in [2.24, 2.45) is 0 Å². The summed E-state index contributed by atoms with van der Waals surface area (Å²) in [6.45, 7) is 1.85. The van der Waals surface area contributed by atoms with Crippen molar-refractivity contribution >= 4 is 11.6 Å². The molecule has 0 bridgehead atoms. The van der Waals surface area contributed by atoms with Crippen LogP contribution < -0.4 is 5.32 Å². The van der Waals surface area contributed by atoms with Crippen molar-refractivity contribution in [2.45, 2.75) is 6.54 Å². The first-order chi connectivity index (χ1) is 9.22. The fourth-order valence-corrected chi connectivity index (χ4v) is 1.92. The molecule has 19 heavy (non-hydrogen) atoms. The number of aromatic nitrogens is 2. The summed E-state index contributed by atoms with van der Waals surface area (Å²) in [4.78, 5) is 0. The summed E-state index contributed by atoms with van der Waals surface area (Å²) in [5, 5.41) is 7.70. The lowest BCUT2D eigenvalue weighted by atomic mass is 10.1. The maximum atomic E-state index is 14.0. The zero-order chi connectivity index (χ0) is 13.7. The second-order valence-electron chi connectivity index (χ2n) is 4.02. The average Bonchev–Trinajstić information content (AvgIpc) is 2.81. The van der Waals surface area contributed by atoms with Crippen LogP contribution in [0.1, 0.15) is 5.56 Å². The van der Waals surface area contributed by atoms with E-state index >= 15 is 0 Å². The van der Waals surface area contributed by atoms with Crippen molar-refractivity contribution in [1.82, 2.24) is 15.1 Å². The summed E-state index contributed by atoms with van der Waals surface area (Å²) >= 11 is 5.82. The van der Waals surface area contributed by atoms with Gasteiger partial charge in [0.15, 0.2) is 0 Å². The quantitative estimate of drug-likeness (QED) is 0.828. The molecule has 0 saturated carbocycles. The Kier molecular flexibility index (Phi) is 4.90. The van der Waals surface area contributed by atoms with Crippen molar-refractivity contribution in [2.75, 3.05) is 20.3 Å². The second kappa shape index (κ2) is 6.65. The van der Waals surface area contributed by atoms with E-state index in [4.69, 9.17) is 16.3 Å². The Morgan fingerprint density at radius 3 is 3.00 bits per heavy atom. The third-order valence-corrected chi connectivity index (χ3v) is 2.84. The number of halogens is 2. The zero-order valence-corrected chi connectivity index (χ0v) is 11.3. The number of nitrogens with one attached hydrogen (secondary N) is 1. The van der Waals surface area contributed by atoms with Crippen LogP contribution in [0.2, 0.25) is 5.02 Å². The molecule has 2 aromatic rings. The highest BCUT2D eigenvalue weighted by Gasteiger charge is 2.11. The first-order valence-electron chi connectivity index (χ1n) is 5.90. The molecule has 0 aliphatic rings. The van der Waals surface area contributed by atoms with Gasteiger partial charge in [-0.3, -0.25) is 0 Å². The minimum Gasteiger partial charge on any atom is -0.383 e. The third kappa shape index (κ3) is 3.53. The number of benzene rings is 1. The molecule has 0 fully saturated rings. The van der Waals surface area contributed by atoms with E-state index < -0.39 is 0 Å². The molecule has 0 atom stereocenters. The first kappa shape index (κ1) is 14.0. The number of para-hydroxylation sites is 1. The molecule has 102 valence electrons. The molecule has 2 rings (SSSR count). The Bertz CT molecular complexity index is 544. The Morgan fingerprint density at radius 1 is 1.47 bits per heavy atom. The lowest BCUT2D eigenvalue weighted by Gasteiger charge is -2.11. The predicted molar refractivity (Wildman–Crippen MR) is 72.1 cm³/mol. The maximum absolute atomic E-state index is 14.0. The molecule has 0 saturated heterocycles. The van der Waals surface area contributed by atoms with Crippen LogP contribution in [-0.2, 0) is 11.3 Å². The van der Waals surface area contributed by atoms with Crippen molar-refractivity contribution in [3.05, 3.63) is 47.0 Å². The summed E-state index contributed by atoms with van der Waals surface area (Å²) in [7, 11) is 1.64. The number of methoxy groups -OCH3 is 1. The van der Waals surface area contributed by atoms with Gasteiger partial charge in [0, 0.05) is 26.4 Å². The van der Waals surface area contributed by atoms with Crippen molar-refractivity contribution < 1.29 is 9.13 Å².